The minimum Gasteiger partial charge on any atom is -0.228 e. The maximum atomic E-state index is 4.72. The van der Waals surface area contributed by atoms with Crippen molar-refractivity contribution in [3.8, 4) is 0 Å². The van der Waals surface area contributed by atoms with Crippen LogP contribution in [0.2, 0.25) is 0 Å². The normalized spacial score (nSPS) is 12.8. The first kappa shape index (κ1) is 11.4. The second kappa shape index (κ2) is 4.01. The van der Waals surface area contributed by atoms with Gasteiger partial charge >= 0.3 is 0 Å². The molecule has 0 spiro atoms. The largest absolute Gasteiger partial charge is 0.228 e. The molecule has 0 aliphatic heterocycles. The number of benzene rings is 3. The summed E-state index contributed by atoms with van der Waals surface area (Å²) < 4.78 is 0. The number of nitrogens with zero attached hydrogens (tertiary/aromatic N) is 2. The molecule has 0 atom stereocenters. The zero-order valence-corrected chi connectivity index (χ0v) is 11.5. The van der Waals surface area contributed by atoms with Gasteiger partial charge in [-0.1, -0.05) is 36.4 Å². The molecule has 0 saturated carbocycles. The third kappa shape index (κ3) is 1.45. The number of rotatable bonds is 1. The van der Waals surface area contributed by atoms with E-state index in [1.54, 1.807) is 0 Å². The molecule has 96 valence electrons. The summed E-state index contributed by atoms with van der Waals surface area (Å²) in [6, 6.07) is 14.9. The SMILES string of the molecule is C/C=C(\C)c1nc2ccc3cccc4ccc(n1)c2c34. The summed E-state index contributed by atoms with van der Waals surface area (Å²) in [6.07, 6.45) is 2.05. The van der Waals surface area contributed by atoms with Gasteiger partial charge in [0, 0.05) is 10.8 Å². The van der Waals surface area contributed by atoms with E-state index in [0.29, 0.717) is 0 Å². The molecule has 4 rings (SSSR count). The van der Waals surface area contributed by atoms with Gasteiger partial charge in [0.25, 0.3) is 0 Å². The van der Waals surface area contributed by atoms with Gasteiger partial charge in [0.1, 0.15) is 0 Å². The Morgan fingerprint density at radius 1 is 0.850 bits per heavy atom. The van der Waals surface area contributed by atoms with Crippen molar-refractivity contribution in [3.05, 3.63) is 54.4 Å². The Morgan fingerprint density at radius 2 is 1.45 bits per heavy atom. The van der Waals surface area contributed by atoms with E-state index >= 15 is 0 Å². The van der Waals surface area contributed by atoms with Gasteiger partial charge in [-0.2, -0.15) is 0 Å². The van der Waals surface area contributed by atoms with E-state index in [9.17, 15) is 0 Å². The second-order valence-electron chi connectivity index (χ2n) is 5.14. The van der Waals surface area contributed by atoms with Crippen molar-refractivity contribution in [2.45, 2.75) is 13.8 Å². The summed E-state index contributed by atoms with van der Waals surface area (Å²) in [5.41, 5.74) is 3.15. The van der Waals surface area contributed by atoms with Gasteiger partial charge in [0.05, 0.1) is 11.0 Å². The van der Waals surface area contributed by atoms with Gasteiger partial charge in [0.2, 0.25) is 0 Å². The van der Waals surface area contributed by atoms with Crippen LogP contribution in [0.1, 0.15) is 19.7 Å². The van der Waals surface area contributed by atoms with Crippen molar-refractivity contribution in [1.29, 1.82) is 0 Å². The summed E-state index contributed by atoms with van der Waals surface area (Å²) >= 11 is 0. The number of aromatic nitrogens is 2. The van der Waals surface area contributed by atoms with Crippen LogP contribution >= 0.6 is 0 Å². The zero-order chi connectivity index (χ0) is 13.7. The van der Waals surface area contributed by atoms with Crippen LogP contribution in [-0.2, 0) is 0 Å². The van der Waals surface area contributed by atoms with Crippen LogP contribution in [0.5, 0.6) is 0 Å². The predicted octanol–water partition coefficient (Wildman–Crippen LogP) is 4.80. The quantitative estimate of drug-likeness (QED) is 0.458. The minimum absolute atomic E-state index is 0.818. The van der Waals surface area contributed by atoms with Crippen LogP contribution in [-0.4, -0.2) is 9.97 Å². The van der Waals surface area contributed by atoms with E-state index in [2.05, 4.69) is 42.5 Å². The lowest BCUT2D eigenvalue weighted by molar-refractivity contribution is 1.19. The van der Waals surface area contributed by atoms with Gasteiger partial charge in [-0.3, -0.25) is 0 Å². The number of hydrogen-bond donors (Lipinski definition) is 0. The lowest BCUT2D eigenvalue weighted by Gasteiger charge is -2.10. The summed E-state index contributed by atoms with van der Waals surface area (Å²) in [5.74, 6) is 0.818. The van der Waals surface area contributed by atoms with Gasteiger partial charge in [0.15, 0.2) is 5.82 Å². The Hall–Kier alpha value is -2.48. The first-order valence-corrected chi connectivity index (χ1v) is 6.83. The average molecular weight is 258 g/mol. The molecule has 0 N–H and O–H groups in total. The Kier molecular flexibility index (Phi) is 2.27. The van der Waals surface area contributed by atoms with Gasteiger partial charge in [-0.15, -0.1) is 0 Å². The van der Waals surface area contributed by atoms with E-state index in [-0.39, 0.29) is 0 Å². The van der Waals surface area contributed by atoms with E-state index in [4.69, 9.17) is 9.97 Å². The van der Waals surface area contributed by atoms with E-state index < -0.39 is 0 Å². The second-order valence-corrected chi connectivity index (χ2v) is 5.14. The predicted molar refractivity (Wildman–Crippen MR) is 85.1 cm³/mol. The molecule has 0 aliphatic rings. The zero-order valence-electron chi connectivity index (χ0n) is 11.5. The lowest BCUT2D eigenvalue weighted by Crippen LogP contribution is -1.95. The highest BCUT2D eigenvalue weighted by Crippen LogP contribution is 2.33. The molecule has 20 heavy (non-hydrogen) atoms. The average Bonchev–Trinajstić information content (AvgIpc) is 2.51. The Morgan fingerprint density at radius 3 is 2.00 bits per heavy atom. The van der Waals surface area contributed by atoms with Crippen molar-refractivity contribution in [3.63, 3.8) is 0 Å². The van der Waals surface area contributed by atoms with Crippen molar-refractivity contribution in [2.24, 2.45) is 0 Å². The molecule has 1 aromatic heterocycles. The standard InChI is InChI=1S/C18H14N2/c1-3-11(2)18-19-14-9-7-12-5-4-6-13-8-10-15(20-18)17(14)16(12)13/h3-10H,1-2H3/b11-3+. The Labute approximate surface area is 117 Å². The van der Waals surface area contributed by atoms with E-state index in [1.807, 2.05) is 19.9 Å². The van der Waals surface area contributed by atoms with Crippen LogP contribution in [0.4, 0.5) is 0 Å². The van der Waals surface area contributed by atoms with Crippen molar-refractivity contribution >= 4 is 38.2 Å². The molecule has 4 aromatic rings. The number of allylic oxidation sites excluding steroid dienone is 2. The molecule has 1 heterocycles. The highest BCUT2D eigenvalue weighted by Gasteiger charge is 2.11. The maximum absolute atomic E-state index is 4.72. The monoisotopic (exact) mass is 258 g/mol. The maximum Gasteiger partial charge on any atom is 0.155 e. The molecule has 2 heteroatoms. The summed E-state index contributed by atoms with van der Waals surface area (Å²) in [4.78, 5) is 9.44. The summed E-state index contributed by atoms with van der Waals surface area (Å²) in [7, 11) is 0. The molecule has 0 bridgehead atoms. The van der Waals surface area contributed by atoms with Crippen LogP contribution in [0, 0.1) is 0 Å². The van der Waals surface area contributed by atoms with Gasteiger partial charge in [-0.05, 0) is 42.3 Å². The van der Waals surface area contributed by atoms with Crippen LogP contribution in [0.3, 0.4) is 0 Å². The summed E-state index contributed by atoms with van der Waals surface area (Å²) in [5, 5.41) is 4.94. The van der Waals surface area contributed by atoms with Gasteiger partial charge in [-0.25, -0.2) is 9.97 Å². The molecule has 0 fully saturated rings. The summed E-state index contributed by atoms with van der Waals surface area (Å²) in [6.45, 7) is 4.07. The van der Waals surface area contributed by atoms with Crippen LogP contribution < -0.4 is 0 Å². The first-order chi connectivity index (χ1) is 9.78. The molecular weight excluding hydrogens is 244 g/mol. The molecule has 0 aliphatic carbocycles. The molecule has 0 unspecified atom stereocenters. The smallest absolute Gasteiger partial charge is 0.155 e. The minimum atomic E-state index is 0.818. The van der Waals surface area contributed by atoms with E-state index in [0.717, 1.165) is 22.4 Å². The molecule has 2 nitrogen and oxygen atoms in total. The highest BCUT2D eigenvalue weighted by atomic mass is 14.9. The highest BCUT2D eigenvalue weighted by molar-refractivity contribution is 6.21. The number of hydrogen-bond acceptors (Lipinski definition) is 2. The van der Waals surface area contributed by atoms with Crippen molar-refractivity contribution in [1.82, 2.24) is 9.97 Å². The van der Waals surface area contributed by atoms with E-state index in [1.165, 1.54) is 21.5 Å². The molecule has 0 radical (unpaired) electrons. The molecule has 3 aromatic carbocycles. The van der Waals surface area contributed by atoms with Crippen molar-refractivity contribution < 1.29 is 0 Å². The van der Waals surface area contributed by atoms with Gasteiger partial charge < -0.3 is 0 Å². The lowest BCUT2D eigenvalue weighted by atomic mass is 9.99. The molecule has 0 amide bonds. The Bertz CT molecular complexity index is 903. The van der Waals surface area contributed by atoms with Crippen molar-refractivity contribution in [2.75, 3.05) is 0 Å². The fraction of sp³-hybridized carbons (Fsp3) is 0.111. The molecule has 0 saturated heterocycles. The fourth-order valence-corrected chi connectivity index (χ4v) is 2.79. The fourth-order valence-electron chi connectivity index (χ4n) is 2.79. The topological polar surface area (TPSA) is 25.8 Å². The first-order valence-electron chi connectivity index (χ1n) is 6.83. The van der Waals surface area contributed by atoms with Crippen LogP contribution in [0.25, 0.3) is 38.2 Å². The third-order valence-electron chi connectivity index (χ3n) is 3.97. The Balaban J connectivity index is 2.25. The molecular formula is C18H14N2. The van der Waals surface area contributed by atoms with Crippen LogP contribution in [0.15, 0.2) is 48.5 Å². The third-order valence-corrected chi connectivity index (χ3v) is 3.97.